The standard InChI is InChI=1S/C15H14Cl3N/c1-9-2-3-10(13(17)6-9)7-15(19)12-5-4-11(16)8-14(12)18/h2-6,8,15H,7,19H2,1H3. The second-order valence-corrected chi connectivity index (χ2v) is 5.82. The van der Waals surface area contributed by atoms with Crippen molar-refractivity contribution in [2.24, 2.45) is 5.73 Å². The lowest BCUT2D eigenvalue weighted by atomic mass is 9.99. The first kappa shape index (κ1) is 14.7. The van der Waals surface area contributed by atoms with Crippen molar-refractivity contribution in [3.63, 3.8) is 0 Å². The summed E-state index contributed by atoms with van der Waals surface area (Å²) >= 11 is 18.3. The van der Waals surface area contributed by atoms with Crippen molar-refractivity contribution in [2.75, 3.05) is 0 Å². The van der Waals surface area contributed by atoms with Crippen LogP contribution < -0.4 is 5.73 Å². The van der Waals surface area contributed by atoms with E-state index in [1.54, 1.807) is 12.1 Å². The van der Waals surface area contributed by atoms with Crippen LogP contribution in [-0.2, 0) is 6.42 Å². The SMILES string of the molecule is Cc1ccc(CC(N)c2ccc(Cl)cc2Cl)c(Cl)c1. The Kier molecular flexibility index (Phi) is 4.75. The molecule has 2 rings (SSSR count). The Morgan fingerprint density at radius 1 is 1.00 bits per heavy atom. The van der Waals surface area contributed by atoms with Crippen LogP contribution in [0, 0.1) is 6.92 Å². The van der Waals surface area contributed by atoms with Gasteiger partial charge in [0.15, 0.2) is 0 Å². The van der Waals surface area contributed by atoms with E-state index >= 15 is 0 Å². The lowest BCUT2D eigenvalue weighted by Gasteiger charge is -2.15. The summed E-state index contributed by atoms with van der Waals surface area (Å²) < 4.78 is 0. The smallest absolute Gasteiger partial charge is 0.0468 e. The fraction of sp³-hybridized carbons (Fsp3) is 0.200. The third kappa shape index (κ3) is 3.64. The van der Waals surface area contributed by atoms with E-state index in [1.165, 1.54) is 0 Å². The van der Waals surface area contributed by atoms with Gasteiger partial charge in [0.25, 0.3) is 0 Å². The Morgan fingerprint density at radius 2 is 1.74 bits per heavy atom. The summed E-state index contributed by atoms with van der Waals surface area (Å²) in [5.74, 6) is 0. The van der Waals surface area contributed by atoms with E-state index in [0.717, 1.165) is 21.7 Å². The number of nitrogens with two attached hydrogens (primary N) is 1. The molecule has 2 aromatic carbocycles. The lowest BCUT2D eigenvalue weighted by Crippen LogP contribution is -2.14. The van der Waals surface area contributed by atoms with Gasteiger partial charge in [-0.15, -0.1) is 0 Å². The molecule has 0 heterocycles. The third-order valence-electron chi connectivity index (χ3n) is 3.01. The molecule has 2 aromatic rings. The average molecular weight is 315 g/mol. The van der Waals surface area contributed by atoms with Crippen LogP contribution in [0.4, 0.5) is 0 Å². The Hall–Kier alpha value is -0.730. The van der Waals surface area contributed by atoms with Gasteiger partial charge in [0.2, 0.25) is 0 Å². The van der Waals surface area contributed by atoms with E-state index in [-0.39, 0.29) is 6.04 Å². The number of hydrogen-bond donors (Lipinski definition) is 1. The molecule has 0 fully saturated rings. The Balaban J connectivity index is 2.23. The van der Waals surface area contributed by atoms with Gasteiger partial charge in [0, 0.05) is 21.1 Å². The number of benzene rings is 2. The van der Waals surface area contributed by atoms with E-state index in [2.05, 4.69) is 0 Å². The molecule has 2 N–H and O–H groups in total. The highest BCUT2D eigenvalue weighted by Gasteiger charge is 2.13. The predicted octanol–water partition coefficient (Wildman–Crippen LogP) is 5.20. The molecule has 1 atom stereocenters. The zero-order valence-electron chi connectivity index (χ0n) is 10.5. The van der Waals surface area contributed by atoms with Crippen LogP contribution in [-0.4, -0.2) is 0 Å². The molecule has 0 saturated carbocycles. The fourth-order valence-electron chi connectivity index (χ4n) is 1.97. The maximum atomic E-state index is 6.22. The number of halogens is 3. The van der Waals surface area contributed by atoms with Crippen molar-refractivity contribution >= 4 is 34.8 Å². The first-order chi connectivity index (χ1) is 8.97. The molecule has 0 bridgehead atoms. The molecule has 1 unspecified atom stereocenters. The van der Waals surface area contributed by atoms with Gasteiger partial charge in [-0.2, -0.15) is 0 Å². The molecule has 100 valence electrons. The van der Waals surface area contributed by atoms with E-state index < -0.39 is 0 Å². The van der Waals surface area contributed by atoms with Crippen molar-refractivity contribution in [2.45, 2.75) is 19.4 Å². The predicted molar refractivity (Wildman–Crippen MR) is 83.3 cm³/mol. The third-order valence-corrected chi connectivity index (χ3v) is 3.92. The first-order valence-electron chi connectivity index (χ1n) is 5.93. The van der Waals surface area contributed by atoms with Crippen LogP contribution in [0.15, 0.2) is 36.4 Å². The second-order valence-electron chi connectivity index (χ2n) is 4.57. The summed E-state index contributed by atoms with van der Waals surface area (Å²) in [5.41, 5.74) is 9.23. The maximum absolute atomic E-state index is 6.22. The molecular formula is C15H14Cl3N. The molecule has 0 amide bonds. The zero-order chi connectivity index (χ0) is 14.0. The maximum Gasteiger partial charge on any atom is 0.0468 e. The highest BCUT2D eigenvalue weighted by Crippen LogP contribution is 2.29. The highest BCUT2D eigenvalue weighted by atomic mass is 35.5. The van der Waals surface area contributed by atoms with Crippen LogP contribution in [0.1, 0.15) is 22.7 Å². The van der Waals surface area contributed by atoms with Crippen molar-refractivity contribution in [3.8, 4) is 0 Å². The normalized spacial score (nSPS) is 12.5. The number of aryl methyl sites for hydroxylation is 1. The largest absolute Gasteiger partial charge is 0.324 e. The van der Waals surface area contributed by atoms with Gasteiger partial charge in [-0.1, -0.05) is 53.0 Å². The van der Waals surface area contributed by atoms with Crippen LogP contribution in [0.2, 0.25) is 15.1 Å². The molecular weight excluding hydrogens is 301 g/mol. The molecule has 0 radical (unpaired) electrons. The Labute approximate surface area is 128 Å². The molecule has 0 spiro atoms. The minimum atomic E-state index is -0.204. The molecule has 19 heavy (non-hydrogen) atoms. The van der Waals surface area contributed by atoms with Crippen LogP contribution >= 0.6 is 34.8 Å². The summed E-state index contributed by atoms with van der Waals surface area (Å²) in [6.45, 7) is 2.01. The topological polar surface area (TPSA) is 26.0 Å². The highest BCUT2D eigenvalue weighted by molar-refractivity contribution is 6.35. The van der Waals surface area contributed by atoms with Gasteiger partial charge in [0.1, 0.15) is 0 Å². The summed E-state index contributed by atoms with van der Waals surface area (Å²) in [6, 6.07) is 11.1. The Morgan fingerprint density at radius 3 is 2.37 bits per heavy atom. The number of hydrogen-bond acceptors (Lipinski definition) is 1. The number of rotatable bonds is 3. The quantitative estimate of drug-likeness (QED) is 0.828. The van der Waals surface area contributed by atoms with Crippen LogP contribution in [0.25, 0.3) is 0 Å². The molecule has 0 saturated heterocycles. The van der Waals surface area contributed by atoms with E-state index in [1.807, 2.05) is 31.2 Å². The minimum Gasteiger partial charge on any atom is -0.324 e. The molecule has 1 nitrogen and oxygen atoms in total. The lowest BCUT2D eigenvalue weighted by molar-refractivity contribution is 0.722. The molecule has 0 aromatic heterocycles. The van der Waals surface area contributed by atoms with Gasteiger partial charge >= 0.3 is 0 Å². The van der Waals surface area contributed by atoms with Crippen molar-refractivity contribution in [1.29, 1.82) is 0 Å². The summed E-state index contributed by atoms with van der Waals surface area (Å²) in [7, 11) is 0. The van der Waals surface area contributed by atoms with Crippen molar-refractivity contribution in [3.05, 3.63) is 68.2 Å². The molecule has 0 aliphatic carbocycles. The molecule has 0 aliphatic heterocycles. The van der Waals surface area contributed by atoms with Crippen molar-refractivity contribution in [1.82, 2.24) is 0 Å². The van der Waals surface area contributed by atoms with Crippen LogP contribution in [0.5, 0.6) is 0 Å². The van der Waals surface area contributed by atoms with E-state index in [4.69, 9.17) is 40.5 Å². The fourth-order valence-corrected chi connectivity index (χ4v) is 2.83. The molecule has 4 heteroatoms. The van der Waals surface area contributed by atoms with Gasteiger partial charge in [-0.05, 0) is 48.2 Å². The monoisotopic (exact) mass is 313 g/mol. The van der Waals surface area contributed by atoms with Gasteiger partial charge in [-0.25, -0.2) is 0 Å². The summed E-state index contributed by atoms with van der Waals surface area (Å²) in [4.78, 5) is 0. The van der Waals surface area contributed by atoms with E-state index in [0.29, 0.717) is 16.5 Å². The average Bonchev–Trinajstić information content (AvgIpc) is 2.32. The van der Waals surface area contributed by atoms with Crippen LogP contribution in [0.3, 0.4) is 0 Å². The zero-order valence-corrected chi connectivity index (χ0v) is 12.7. The second kappa shape index (κ2) is 6.15. The van der Waals surface area contributed by atoms with Gasteiger partial charge in [-0.3, -0.25) is 0 Å². The first-order valence-corrected chi connectivity index (χ1v) is 7.06. The van der Waals surface area contributed by atoms with Gasteiger partial charge < -0.3 is 5.73 Å². The Bertz CT molecular complexity index is 596. The summed E-state index contributed by atoms with van der Waals surface area (Å²) in [6.07, 6.45) is 0.639. The van der Waals surface area contributed by atoms with Gasteiger partial charge in [0.05, 0.1) is 0 Å². The van der Waals surface area contributed by atoms with E-state index in [9.17, 15) is 0 Å². The van der Waals surface area contributed by atoms with Crippen molar-refractivity contribution < 1.29 is 0 Å². The molecule has 0 aliphatic rings. The summed E-state index contributed by atoms with van der Waals surface area (Å²) in [5, 5.41) is 1.93. The minimum absolute atomic E-state index is 0.204.